The first-order valence-corrected chi connectivity index (χ1v) is 8.80. The fourth-order valence-corrected chi connectivity index (χ4v) is 3.14. The molecule has 2 aromatic rings. The molecule has 1 N–H and O–H groups in total. The number of carbonyl (C=O) groups is 1. The SMILES string of the molecule is COCCn1nc(C(=O)N[C@@H](CC(C)C)c2cccs2)ccc1=O. The van der Waals surface area contributed by atoms with Crippen molar-refractivity contribution in [1.29, 1.82) is 0 Å². The standard InChI is InChI=1S/C17H23N3O3S/c1-12(2)11-14(15-5-4-10-24-15)18-17(22)13-6-7-16(21)20(19-13)8-9-23-3/h4-7,10,12,14H,8-9,11H2,1-3H3,(H,18,22)/t14-/m0/s1. The van der Waals surface area contributed by atoms with Gasteiger partial charge in [0.05, 0.1) is 19.2 Å². The molecule has 0 fully saturated rings. The topological polar surface area (TPSA) is 73.2 Å². The fraction of sp³-hybridized carbons (Fsp3) is 0.471. The molecule has 6 nitrogen and oxygen atoms in total. The summed E-state index contributed by atoms with van der Waals surface area (Å²) in [7, 11) is 1.55. The lowest BCUT2D eigenvalue weighted by molar-refractivity contribution is 0.0924. The zero-order chi connectivity index (χ0) is 17.5. The predicted molar refractivity (Wildman–Crippen MR) is 94.4 cm³/mol. The number of ether oxygens (including phenoxy) is 1. The Bertz CT molecular complexity index is 710. The number of nitrogens with one attached hydrogen (secondary N) is 1. The zero-order valence-electron chi connectivity index (χ0n) is 14.2. The molecule has 0 radical (unpaired) electrons. The van der Waals surface area contributed by atoms with Gasteiger partial charge in [0.2, 0.25) is 0 Å². The van der Waals surface area contributed by atoms with Gasteiger partial charge in [0.15, 0.2) is 0 Å². The minimum absolute atomic E-state index is 0.0568. The van der Waals surface area contributed by atoms with E-state index in [4.69, 9.17) is 4.74 Å². The van der Waals surface area contributed by atoms with Gasteiger partial charge >= 0.3 is 0 Å². The Labute approximate surface area is 145 Å². The highest BCUT2D eigenvalue weighted by Gasteiger charge is 2.19. The van der Waals surface area contributed by atoms with Gasteiger partial charge in [-0.3, -0.25) is 9.59 Å². The lowest BCUT2D eigenvalue weighted by Crippen LogP contribution is -2.33. The van der Waals surface area contributed by atoms with Crippen molar-refractivity contribution in [3.05, 3.63) is 50.6 Å². The molecule has 0 spiro atoms. The first-order chi connectivity index (χ1) is 11.5. The van der Waals surface area contributed by atoms with Crippen molar-refractivity contribution in [2.45, 2.75) is 32.9 Å². The van der Waals surface area contributed by atoms with Crippen molar-refractivity contribution < 1.29 is 9.53 Å². The molecule has 24 heavy (non-hydrogen) atoms. The van der Waals surface area contributed by atoms with E-state index in [2.05, 4.69) is 24.3 Å². The number of carbonyl (C=O) groups excluding carboxylic acids is 1. The average Bonchev–Trinajstić information content (AvgIpc) is 3.07. The quantitative estimate of drug-likeness (QED) is 0.794. The van der Waals surface area contributed by atoms with Crippen LogP contribution in [0.1, 0.15) is 41.7 Å². The first-order valence-electron chi connectivity index (χ1n) is 7.92. The molecule has 1 atom stereocenters. The maximum Gasteiger partial charge on any atom is 0.272 e. The Morgan fingerprint density at radius 1 is 1.38 bits per heavy atom. The minimum atomic E-state index is -0.278. The van der Waals surface area contributed by atoms with E-state index >= 15 is 0 Å². The molecular weight excluding hydrogens is 326 g/mol. The highest BCUT2D eigenvalue weighted by molar-refractivity contribution is 7.10. The normalized spacial score (nSPS) is 12.3. The van der Waals surface area contributed by atoms with Crippen LogP contribution in [0.2, 0.25) is 0 Å². The van der Waals surface area contributed by atoms with Gasteiger partial charge in [0.1, 0.15) is 5.69 Å². The zero-order valence-corrected chi connectivity index (χ0v) is 15.0. The van der Waals surface area contributed by atoms with Gasteiger partial charge in [-0.1, -0.05) is 19.9 Å². The highest BCUT2D eigenvalue weighted by atomic mass is 32.1. The molecule has 0 aromatic carbocycles. The van der Waals surface area contributed by atoms with Crippen LogP contribution in [0.15, 0.2) is 34.4 Å². The monoisotopic (exact) mass is 349 g/mol. The van der Waals surface area contributed by atoms with Crippen LogP contribution in [-0.2, 0) is 11.3 Å². The number of rotatable bonds is 8. The molecule has 2 rings (SSSR count). The van der Waals surface area contributed by atoms with Crippen molar-refractivity contribution in [2.75, 3.05) is 13.7 Å². The second-order valence-corrected chi connectivity index (χ2v) is 6.92. The molecule has 7 heteroatoms. The van der Waals surface area contributed by atoms with E-state index in [-0.39, 0.29) is 23.2 Å². The molecule has 0 bridgehead atoms. The summed E-state index contributed by atoms with van der Waals surface area (Å²) in [5.41, 5.74) is -0.0170. The van der Waals surface area contributed by atoms with Crippen LogP contribution in [0.25, 0.3) is 0 Å². The van der Waals surface area contributed by atoms with Crippen molar-refractivity contribution in [2.24, 2.45) is 5.92 Å². The van der Waals surface area contributed by atoms with Crippen LogP contribution in [0.3, 0.4) is 0 Å². The molecule has 0 aliphatic carbocycles. The van der Waals surface area contributed by atoms with Gasteiger partial charge in [-0.05, 0) is 29.9 Å². The largest absolute Gasteiger partial charge is 0.383 e. The third-order valence-corrected chi connectivity index (χ3v) is 4.49. The van der Waals surface area contributed by atoms with Gasteiger partial charge in [0.25, 0.3) is 11.5 Å². The van der Waals surface area contributed by atoms with E-state index in [1.165, 1.54) is 16.8 Å². The molecule has 0 aliphatic rings. The lowest BCUT2D eigenvalue weighted by Gasteiger charge is -2.19. The van der Waals surface area contributed by atoms with Gasteiger partial charge in [0, 0.05) is 18.1 Å². The number of methoxy groups -OCH3 is 1. The van der Waals surface area contributed by atoms with E-state index in [1.54, 1.807) is 18.4 Å². The Kier molecular flexibility index (Phi) is 6.69. The number of amides is 1. The Hall–Kier alpha value is -1.99. The average molecular weight is 349 g/mol. The van der Waals surface area contributed by atoms with Crippen LogP contribution in [0.5, 0.6) is 0 Å². The summed E-state index contributed by atoms with van der Waals surface area (Å²) in [5, 5.41) is 9.17. The molecule has 1 amide bonds. The van der Waals surface area contributed by atoms with Crippen molar-refractivity contribution in [3.8, 4) is 0 Å². The molecule has 0 saturated carbocycles. The fourth-order valence-electron chi connectivity index (χ4n) is 2.35. The highest BCUT2D eigenvalue weighted by Crippen LogP contribution is 2.25. The van der Waals surface area contributed by atoms with Crippen LogP contribution >= 0.6 is 11.3 Å². The van der Waals surface area contributed by atoms with E-state index in [9.17, 15) is 9.59 Å². The first kappa shape index (κ1) is 18.4. The third-order valence-electron chi connectivity index (χ3n) is 3.51. The smallest absolute Gasteiger partial charge is 0.272 e. The summed E-state index contributed by atoms with van der Waals surface area (Å²) < 4.78 is 6.21. The molecule has 0 saturated heterocycles. The number of hydrogen-bond acceptors (Lipinski definition) is 5. The minimum Gasteiger partial charge on any atom is -0.383 e. The second-order valence-electron chi connectivity index (χ2n) is 5.94. The van der Waals surface area contributed by atoms with Gasteiger partial charge in [-0.15, -0.1) is 11.3 Å². The summed E-state index contributed by atoms with van der Waals surface area (Å²) in [6, 6.07) is 6.76. The molecule has 2 heterocycles. The van der Waals surface area contributed by atoms with Crippen LogP contribution in [-0.4, -0.2) is 29.4 Å². The third kappa shape index (κ3) is 5.01. The van der Waals surface area contributed by atoms with Crippen LogP contribution in [0, 0.1) is 5.92 Å². The second kappa shape index (κ2) is 8.75. The molecule has 0 unspecified atom stereocenters. The van der Waals surface area contributed by atoms with Crippen molar-refractivity contribution in [1.82, 2.24) is 15.1 Å². The molecule has 0 aliphatic heterocycles. The molecule has 2 aromatic heterocycles. The van der Waals surface area contributed by atoms with Gasteiger partial charge in [-0.2, -0.15) is 5.10 Å². The summed E-state index contributed by atoms with van der Waals surface area (Å²) in [6.07, 6.45) is 0.843. The Morgan fingerprint density at radius 2 is 2.17 bits per heavy atom. The molecular formula is C17H23N3O3S. The van der Waals surface area contributed by atoms with E-state index < -0.39 is 0 Å². The Morgan fingerprint density at radius 3 is 2.79 bits per heavy atom. The maximum atomic E-state index is 12.6. The number of nitrogens with zero attached hydrogens (tertiary/aromatic N) is 2. The number of hydrogen-bond donors (Lipinski definition) is 1. The van der Waals surface area contributed by atoms with Gasteiger partial charge < -0.3 is 10.1 Å². The Balaban J connectivity index is 2.16. The summed E-state index contributed by atoms with van der Waals surface area (Å²) >= 11 is 1.62. The maximum absolute atomic E-state index is 12.6. The lowest BCUT2D eigenvalue weighted by atomic mass is 10.0. The van der Waals surface area contributed by atoms with Crippen molar-refractivity contribution in [3.63, 3.8) is 0 Å². The van der Waals surface area contributed by atoms with E-state index in [0.29, 0.717) is 19.1 Å². The van der Waals surface area contributed by atoms with E-state index in [0.717, 1.165) is 11.3 Å². The number of aromatic nitrogens is 2. The molecule has 130 valence electrons. The van der Waals surface area contributed by atoms with E-state index in [1.807, 2.05) is 17.5 Å². The summed E-state index contributed by atoms with van der Waals surface area (Å²) in [6.45, 7) is 4.92. The van der Waals surface area contributed by atoms with Crippen molar-refractivity contribution >= 4 is 17.2 Å². The predicted octanol–water partition coefficient (Wildman–Crippen LogP) is 2.47. The van der Waals surface area contributed by atoms with Crippen LogP contribution < -0.4 is 10.9 Å². The van der Waals surface area contributed by atoms with Gasteiger partial charge in [-0.25, -0.2) is 4.68 Å². The number of thiophene rings is 1. The van der Waals surface area contributed by atoms with Crippen LogP contribution in [0.4, 0.5) is 0 Å². The summed E-state index contributed by atoms with van der Waals surface area (Å²) in [5.74, 6) is 0.168. The summed E-state index contributed by atoms with van der Waals surface area (Å²) in [4.78, 5) is 25.4.